The predicted molar refractivity (Wildman–Crippen MR) is 77.2 cm³/mol. The van der Waals surface area contributed by atoms with Gasteiger partial charge in [0.05, 0.1) is 0 Å². The number of benzene rings is 1. The molecule has 20 heavy (non-hydrogen) atoms. The normalized spacial score (nSPS) is 16.7. The SMILES string of the molecule is NC(=O)CC1CCN(c2nc3ccc(N)cc3o2)CC1. The van der Waals surface area contributed by atoms with Crippen molar-refractivity contribution in [3.63, 3.8) is 0 Å². The summed E-state index contributed by atoms with van der Waals surface area (Å²) in [6, 6.07) is 6.08. The third kappa shape index (κ3) is 2.54. The lowest BCUT2D eigenvalue weighted by Crippen LogP contribution is -2.35. The lowest BCUT2D eigenvalue weighted by Gasteiger charge is -2.30. The molecule has 1 aliphatic rings. The maximum absolute atomic E-state index is 10.9. The van der Waals surface area contributed by atoms with Gasteiger partial charge in [-0.25, -0.2) is 0 Å². The fraction of sp³-hybridized carbons (Fsp3) is 0.429. The lowest BCUT2D eigenvalue weighted by molar-refractivity contribution is -0.119. The zero-order chi connectivity index (χ0) is 14.1. The van der Waals surface area contributed by atoms with Crippen LogP contribution < -0.4 is 16.4 Å². The molecule has 0 atom stereocenters. The number of nitrogen functional groups attached to an aromatic ring is 1. The standard InChI is InChI=1S/C14H18N4O2/c15-10-1-2-11-12(8-10)20-14(17-11)18-5-3-9(4-6-18)7-13(16)19/h1-2,8-9H,3-7,15H2,(H2,16,19). The molecule has 106 valence electrons. The van der Waals surface area contributed by atoms with Gasteiger partial charge in [-0.1, -0.05) is 0 Å². The first-order valence-corrected chi connectivity index (χ1v) is 6.81. The van der Waals surface area contributed by atoms with Gasteiger partial charge >= 0.3 is 0 Å². The van der Waals surface area contributed by atoms with Crippen LogP contribution in [0.4, 0.5) is 11.7 Å². The average Bonchev–Trinajstić information content (AvgIpc) is 2.81. The first kappa shape index (κ1) is 12.8. The average molecular weight is 274 g/mol. The summed E-state index contributed by atoms with van der Waals surface area (Å²) < 4.78 is 5.75. The van der Waals surface area contributed by atoms with Gasteiger partial charge in [0.1, 0.15) is 5.52 Å². The van der Waals surface area contributed by atoms with Crippen LogP contribution in [-0.2, 0) is 4.79 Å². The van der Waals surface area contributed by atoms with Crippen molar-refractivity contribution in [2.75, 3.05) is 23.7 Å². The Morgan fingerprint density at radius 2 is 2.15 bits per heavy atom. The number of carbonyl (C=O) groups excluding carboxylic acids is 1. The van der Waals surface area contributed by atoms with Crippen LogP contribution in [0.15, 0.2) is 22.6 Å². The van der Waals surface area contributed by atoms with E-state index in [9.17, 15) is 4.79 Å². The first-order valence-electron chi connectivity index (χ1n) is 6.81. The Bertz CT molecular complexity index is 629. The summed E-state index contributed by atoms with van der Waals surface area (Å²) >= 11 is 0. The molecule has 1 aliphatic heterocycles. The molecule has 3 rings (SSSR count). The number of hydrogen-bond donors (Lipinski definition) is 2. The maximum Gasteiger partial charge on any atom is 0.298 e. The van der Waals surface area contributed by atoms with Crippen LogP contribution in [0.2, 0.25) is 0 Å². The number of nitrogens with two attached hydrogens (primary N) is 2. The Labute approximate surface area is 116 Å². The Morgan fingerprint density at radius 3 is 2.85 bits per heavy atom. The van der Waals surface area contributed by atoms with Crippen molar-refractivity contribution in [3.8, 4) is 0 Å². The Kier molecular flexibility index (Phi) is 3.22. The van der Waals surface area contributed by atoms with Crippen LogP contribution in [0.25, 0.3) is 11.1 Å². The molecule has 0 bridgehead atoms. The van der Waals surface area contributed by atoms with Crippen molar-refractivity contribution >= 4 is 28.7 Å². The topological polar surface area (TPSA) is 98.4 Å². The number of primary amides is 1. The molecule has 0 unspecified atom stereocenters. The van der Waals surface area contributed by atoms with Crippen LogP contribution >= 0.6 is 0 Å². The van der Waals surface area contributed by atoms with Gasteiger partial charge in [-0.05, 0) is 30.9 Å². The molecule has 2 aromatic rings. The minimum absolute atomic E-state index is 0.221. The molecule has 6 heteroatoms. The van der Waals surface area contributed by atoms with Crippen LogP contribution in [0, 0.1) is 5.92 Å². The number of oxazole rings is 1. The molecule has 1 aromatic heterocycles. The van der Waals surface area contributed by atoms with Gasteiger partial charge in [0.15, 0.2) is 5.58 Å². The van der Waals surface area contributed by atoms with Gasteiger partial charge < -0.3 is 20.8 Å². The third-order valence-electron chi connectivity index (χ3n) is 3.78. The number of anilines is 2. The highest BCUT2D eigenvalue weighted by atomic mass is 16.4. The number of aromatic nitrogens is 1. The first-order chi connectivity index (χ1) is 9.61. The summed E-state index contributed by atoms with van der Waals surface area (Å²) in [6.07, 6.45) is 2.34. The quantitative estimate of drug-likeness (QED) is 0.826. The molecule has 1 fully saturated rings. The van der Waals surface area contributed by atoms with E-state index < -0.39 is 0 Å². The van der Waals surface area contributed by atoms with Crippen molar-refractivity contribution in [1.82, 2.24) is 4.98 Å². The van der Waals surface area contributed by atoms with Crippen molar-refractivity contribution in [2.24, 2.45) is 11.7 Å². The van der Waals surface area contributed by atoms with E-state index in [4.69, 9.17) is 15.9 Å². The number of nitrogens with zero attached hydrogens (tertiary/aromatic N) is 2. The van der Waals surface area contributed by atoms with Crippen molar-refractivity contribution in [3.05, 3.63) is 18.2 Å². The van der Waals surface area contributed by atoms with Crippen LogP contribution in [0.1, 0.15) is 19.3 Å². The summed E-state index contributed by atoms with van der Waals surface area (Å²) in [5.41, 5.74) is 13.2. The highest BCUT2D eigenvalue weighted by Gasteiger charge is 2.23. The second-order valence-corrected chi connectivity index (χ2v) is 5.32. The summed E-state index contributed by atoms with van der Waals surface area (Å²) in [5, 5.41) is 0. The number of fused-ring (bicyclic) bond motifs is 1. The Balaban J connectivity index is 1.71. The van der Waals surface area contributed by atoms with Crippen molar-refractivity contribution in [1.29, 1.82) is 0 Å². The zero-order valence-electron chi connectivity index (χ0n) is 11.2. The fourth-order valence-corrected chi connectivity index (χ4v) is 2.68. The Hall–Kier alpha value is -2.24. The van der Waals surface area contributed by atoms with Crippen LogP contribution in [-0.4, -0.2) is 24.0 Å². The second kappa shape index (κ2) is 5.03. The fourth-order valence-electron chi connectivity index (χ4n) is 2.68. The third-order valence-corrected chi connectivity index (χ3v) is 3.78. The highest BCUT2D eigenvalue weighted by molar-refractivity contribution is 5.78. The van der Waals surface area contributed by atoms with E-state index in [2.05, 4.69) is 9.88 Å². The smallest absolute Gasteiger partial charge is 0.298 e. The number of carbonyl (C=O) groups is 1. The molecule has 0 radical (unpaired) electrons. The summed E-state index contributed by atoms with van der Waals surface area (Å²) in [7, 11) is 0. The number of amides is 1. The van der Waals surface area contributed by atoms with Gasteiger partial charge in [0, 0.05) is 31.3 Å². The van der Waals surface area contributed by atoms with E-state index in [1.165, 1.54) is 0 Å². The number of hydrogen-bond acceptors (Lipinski definition) is 5. The largest absolute Gasteiger partial charge is 0.423 e. The van der Waals surface area contributed by atoms with E-state index in [-0.39, 0.29) is 5.91 Å². The monoisotopic (exact) mass is 274 g/mol. The molecule has 2 heterocycles. The van der Waals surface area contributed by atoms with E-state index in [0.717, 1.165) is 31.4 Å². The predicted octanol–water partition coefficient (Wildman–Crippen LogP) is 1.50. The second-order valence-electron chi connectivity index (χ2n) is 5.32. The minimum atomic E-state index is -0.221. The summed E-state index contributed by atoms with van der Waals surface area (Å²) in [6.45, 7) is 1.67. The lowest BCUT2D eigenvalue weighted by atomic mass is 9.93. The zero-order valence-corrected chi connectivity index (χ0v) is 11.2. The minimum Gasteiger partial charge on any atom is -0.423 e. The van der Waals surface area contributed by atoms with E-state index in [1.807, 2.05) is 12.1 Å². The van der Waals surface area contributed by atoms with Crippen molar-refractivity contribution in [2.45, 2.75) is 19.3 Å². The number of rotatable bonds is 3. The number of piperidine rings is 1. The van der Waals surface area contributed by atoms with E-state index in [1.54, 1.807) is 6.07 Å². The molecule has 1 aromatic carbocycles. The van der Waals surface area contributed by atoms with E-state index >= 15 is 0 Å². The van der Waals surface area contributed by atoms with Crippen LogP contribution in [0.5, 0.6) is 0 Å². The maximum atomic E-state index is 10.9. The molecule has 0 saturated carbocycles. The van der Waals surface area contributed by atoms with Gasteiger partial charge in [-0.15, -0.1) is 0 Å². The van der Waals surface area contributed by atoms with E-state index in [0.29, 0.717) is 29.6 Å². The molecule has 6 nitrogen and oxygen atoms in total. The highest BCUT2D eigenvalue weighted by Crippen LogP contribution is 2.28. The van der Waals surface area contributed by atoms with Gasteiger partial charge in [-0.3, -0.25) is 4.79 Å². The van der Waals surface area contributed by atoms with Gasteiger partial charge in [0.25, 0.3) is 6.01 Å². The molecule has 0 spiro atoms. The molecule has 0 aliphatic carbocycles. The summed E-state index contributed by atoms with van der Waals surface area (Å²) in [4.78, 5) is 17.5. The van der Waals surface area contributed by atoms with Crippen molar-refractivity contribution < 1.29 is 9.21 Å². The summed E-state index contributed by atoms with van der Waals surface area (Å²) in [5.74, 6) is 0.157. The molecule has 1 saturated heterocycles. The molecule has 1 amide bonds. The molecular formula is C14H18N4O2. The molecule has 4 N–H and O–H groups in total. The van der Waals surface area contributed by atoms with Gasteiger partial charge in [-0.2, -0.15) is 4.98 Å². The van der Waals surface area contributed by atoms with Gasteiger partial charge in [0.2, 0.25) is 5.91 Å². The molecular weight excluding hydrogens is 256 g/mol. The van der Waals surface area contributed by atoms with Crippen LogP contribution in [0.3, 0.4) is 0 Å². The Morgan fingerprint density at radius 1 is 1.40 bits per heavy atom.